The molecule has 1 aromatic rings. The van der Waals surface area contributed by atoms with E-state index in [1.807, 2.05) is 4.90 Å². The molecule has 0 N–H and O–H groups in total. The summed E-state index contributed by atoms with van der Waals surface area (Å²) in [4.78, 5) is 14.4. The van der Waals surface area contributed by atoms with Gasteiger partial charge >= 0.3 is 0 Å². The molecule has 6 nitrogen and oxygen atoms in total. The fourth-order valence-electron chi connectivity index (χ4n) is 3.23. The van der Waals surface area contributed by atoms with E-state index in [-0.39, 0.29) is 16.8 Å². The third kappa shape index (κ3) is 2.38. The molecule has 0 bridgehead atoms. The van der Waals surface area contributed by atoms with Crippen LogP contribution in [0, 0.1) is 0 Å². The number of piperazine rings is 1. The molecule has 2 aliphatic rings. The van der Waals surface area contributed by atoms with Gasteiger partial charge in [-0.05, 0) is 44.0 Å². The van der Waals surface area contributed by atoms with Crippen LogP contribution in [0.5, 0.6) is 5.75 Å². The van der Waals surface area contributed by atoms with Crippen molar-refractivity contribution in [1.82, 2.24) is 9.21 Å². The van der Waals surface area contributed by atoms with Crippen LogP contribution in [0.1, 0.15) is 19.8 Å². The highest BCUT2D eigenvalue weighted by molar-refractivity contribution is 7.89. The minimum absolute atomic E-state index is 0.0109. The molecule has 1 unspecified atom stereocenters. The van der Waals surface area contributed by atoms with Gasteiger partial charge in [-0.15, -0.1) is 0 Å². The van der Waals surface area contributed by atoms with Crippen molar-refractivity contribution >= 4 is 15.9 Å². The standard InChI is InChI=1S/C15H20N2O4S/c1-11-15(18)16-9-3-4-12(16)10-17(11)22(19,20)14-7-5-13(21-2)6-8-14/h5-8,11-12H,3-4,9-10H2,1-2H3/t11-,12?/m0/s1. The van der Waals surface area contributed by atoms with Gasteiger partial charge in [0.1, 0.15) is 11.8 Å². The Labute approximate surface area is 130 Å². The van der Waals surface area contributed by atoms with Crippen molar-refractivity contribution in [2.45, 2.75) is 36.7 Å². The van der Waals surface area contributed by atoms with Crippen LogP contribution < -0.4 is 4.74 Å². The Kier molecular flexibility index (Phi) is 3.86. The summed E-state index contributed by atoms with van der Waals surface area (Å²) in [6.07, 6.45) is 1.81. The van der Waals surface area contributed by atoms with E-state index in [2.05, 4.69) is 0 Å². The van der Waals surface area contributed by atoms with Crippen molar-refractivity contribution in [2.24, 2.45) is 0 Å². The molecule has 0 spiro atoms. The lowest BCUT2D eigenvalue weighted by molar-refractivity contribution is -0.139. The molecular formula is C15H20N2O4S. The first-order valence-electron chi connectivity index (χ1n) is 7.41. The molecule has 120 valence electrons. The van der Waals surface area contributed by atoms with Gasteiger partial charge in [-0.3, -0.25) is 4.79 Å². The molecule has 0 aromatic heterocycles. The molecular weight excluding hydrogens is 304 g/mol. The quantitative estimate of drug-likeness (QED) is 0.834. The number of sulfonamides is 1. The predicted molar refractivity (Wildman–Crippen MR) is 81.1 cm³/mol. The number of hydrogen-bond acceptors (Lipinski definition) is 4. The highest BCUT2D eigenvalue weighted by atomic mass is 32.2. The summed E-state index contributed by atoms with van der Waals surface area (Å²) in [6.45, 7) is 2.78. The van der Waals surface area contributed by atoms with E-state index >= 15 is 0 Å². The van der Waals surface area contributed by atoms with Gasteiger partial charge in [-0.1, -0.05) is 0 Å². The second-order valence-electron chi connectivity index (χ2n) is 5.75. The third-order valence-electron chi connectivity index (χ3n) is 4.51. The molecule has 2 saturated heterocycles. The van der Waals surface area contributed by atoms with Gasteiger partial charge < -0.3 is 9.64 Å². The molecule has 2 heterocycles. The molecule has 0 aliphatic carbocycles. The Hall–Kier alpha value is -1.60. The number of nitrogens with zero attached hydrogens (tertiary/aromatic N) is 2. The summed E-state index contributed by atoms with van der Waals surface area (Å²) in [5, 5.41) is 0. The normalized spacial score (nSPS) is 26.1. The van der Waals surface area contributed by atoms with Crippen LogP contribution in [-0.2, 0) is 14.8 Å². The van der Waals surface area contributed by atoms with Crippen molar-refractivity contribution in [1.29, 1.82) is 0 Å². The van der Waals surface area contributed by atoms with Crippen molar-refractivity contribution in [3.8, 4) is 5.75 Å². The molecule has 1 amide bonds. The summed E-state index contributed by atoms with van der Waals surface area (Å²) in [6, 6.07) is 5.63. The number of amides is 1. The summed E-state index contributed by atoms with van der Waals surface area (Å²) in [5.41, 5.74) is 0. The lowest BCUT2D eigenvalue weighted by Gasteiger charge is -2.40. The zero-order chi connectivity index (χ0) is 15.9. The Balaban J connectivity index is 1.92. The summed E-state index contributed by atoms with van der Waals surface area (Å²) < 4.78 is 32.1. The average molecular weight is 324 g/mol. The number of carbonyl (C=O) groups excluding carboxylic acids is 1. The van der Waals surface area contributed by atoms with Gasteiger partial charge in [0.05, 0.1) is 12.0 Å². The van der Waals surface area contributed by atoms with Crippen LogP contribution in [0.25, 0.3) is 0 Å². The van der Waals surface area contributed by atoms with Crippen molar-refractivity contribution in [3.05, 3.63) is 24.3 Å². The number of benzene rings is 1. The maximum atomic E-state index is 12.8. The highest BCUT2D eigenvalue weighted by Gasteiger charge is 2.45. The third-order valence-corrected chi connectivity index (χ3v) is 6.46. The minimum atomic E-state index is -3.68. The number of hydrogen-bond donors (Lipinski definition) is 0. The zero-order valence-electron chi connectivity index (χ0n) is 12.7. The van der Waals surface area contributed by atoms with Gasteiger partial charge in [0.2, 0.25) is 15.9 Å². The van der Waals surface area contributed by atoms with Crippen molar-refractivity contribution in [2.75, 3.05) is 20.2 Å². The molecule has 1 aromatic carbocycles. The first-order valence-corrected chi connectivity index (χ1v) is 8.85. The number of carbonyl (C=O) groups is 1. The maximum Gasteiger partial charge on any atom is 0.243 e. The van der Waals surface area contributed by atoms with Gasteiger partial charge in [0.15, 0.2) is 0 Å². The predicted octanol–water partition coefficient (Wildman–Crippen LogP) is 1.08. The second kappa shape index (κ2) is 5.55. The Morgan fingerprint density at radius 1 is 1.23 bits per heavy atom. The fraction of sp³-hybridized carbons (Fsp3) is 0.533. The zero-order valence-corrected chi connectivity index (χ0v) is 13.5. The van der Waals surface area contributed by atoms with E-state index in [9.17, 15) is 13.2 Å². The fourth-order valence-corrected chi connectivity index (χ4v) is 4.86. The molecule has 22 heavy (non-hydrogen) atoms. The van der Waals surface area contributed by atoms with E-state index in [0.717, 1.165) is 19.4 Å². The highest BCUT2D eigenvalue weighted by Crippen LogP contribution is 2.30. The topological polar surface area (TPSA) is 66.9 Å². The monoisotopic (exact) mass is 324 g/mol. The molecule has 0 saturated carbocycles. The van der Waals surface area contributed by atoms with E-state index < -0.39 is 16.1 Å². The Morgan fingerprint density at radius 3 is 2.55 bits per heavy atom. The van der Waals surface area contributed by atoms with E-state index in [1.54, 1.807) is 19.1 Å². The molecule has 2 aliphatic heterocycles. The minimum Gasteiger partial charge on any atom is -0.497 e. The summed E-state index contributed by atoms with van der Waals surface area (Å²) >= 11 is 0. The second-order valence-corrected chi connectivity index (χ2v) is 7.64. The van der Waals surface area contributed by atoms with Gasteiger partial charge in [-0.25, -0.2) is 8.42 Å². The van der Waals surface area contributed by atoms with Gasteiger partial charge in [0, 0.05) is 19.1 Å². The summed E-state index contributed by atoms with van der Waals surface area (Å²) in [7, 11) is -2.15. The summed E-state index contributed by atoms with van der Waals surface area (Å²) in [5.74, 6) is 0.509. The Bertz CT molecular complexity index is 671. The SMILES string of the molecule is COc1ccc(S(=O)(=O)N2CC3CCCN3C(=O)[C@@H]2C)cc1. The van der Waals surface area contributed by atoms with Crippen molar-refractivity contribution < 1.29 is 17.9 Å². The van der Waals surface area contributed by atoms with Gasteiger partial charge in [-0.2, -0.15) is 4.31 Å². The van der Waals surface area contributed by atoms with Crippen LogP contribution in [0.3, 0.4) is 0 Å². The smallest absolute Gasteiger partial charge is 0.243 e. The number of fused-ring (bicyclic) bond motifs is 1. The van der Waals surface area contributed by atoms with Crippen LogP contribution >= 0.6 is 0 Å². The van der Waals surface area contributed by atoms with Crippen LogP contribution in [0.15, 0.2) is 29.2 Å². The number of rotatable bonds is 3. The van der Waals surface area contributed by atoms with Crippen molar-refractivity contribution in [3.63, 3.8) is 0 Å². The largest absolute Gasteiger partial charge is 0.497 e. The van der Waals surface area contributed by atoms with Gasteiger partial charge in [0.25, 0.3) is 0 Å². The van der Waals surface area contributed by atoms with E-state index in [4.69, 9.17) is 4.74 Å². The molecule has 3 rings (SSSR count). The molecule has 0 radical (unpaired) electrons. The maximum absolute atomic E-state index is 12.8. The van der Waals surface area contributed by atoms with E-state index in [1.165, 1.54) is 23.5 Å². The number of ether oxygens (including phenoxy) is 1. The molecule has 2 atom stereocenters. The molecule has 7 heteroatoms. The lowest BCUT2D eigenvalue weighted by atomic mass is 10.1. The Morgan fingerprint density at radius 2 is 1.91 bits per heavy atom. The number of methoxy groups -OCH3 is 1. The van der Waals surface area contributed by atoms with Crippen LogP contribution in [0.2, 0.25) is 0 Å². The van der Waals surface area contributed by atoms with Crippen LogP contribution in [-0.4, -0.2) is 55.8 Å². The van der Waals surface area contributed by atoms with E-state index in [0.29, 0.717) is 12.3 Å². The van der Waals surface area contributed by atoms with Crippen LogP contribution in [0.4, 0.5) is 0 Å². The first kappa shape index (κ1) is 15.3. The lowest BCUT2D eigenvalue weighted by Crippen LogP contribution is -2.59. The first-order chi connectivity index (χ1) is 10.4. The average Bonchev–Trinajstić information content (AvgIpc) is 2.99. The molecule has 2 fully saturated rings.